The molecule has 0 atom stereocenters. The van der Waals surface area contributed by atoms with Gasteiger partial charge in [0.15, 0.2) is 0 Å². The predicted molar refractivity (Wildman–Crippen MR) is 36.7 cm³/mol. The van der Waals surface area contributed by atoms with E-state index in [-0.39, 0.29) is 12.0 Å². The Morgan fingerprint density at radius 2 is 2.20 bits per heavy atom. The van der Waals surface area contributed by atoms with Crippen molar-refractivity contribution in [3.8, 4) is 0 Å². The summed E-state index contributed by atoms with van der Waals surface area (Å²) in [5, 5.41) is 10.1. The fraction of sp³-hybridized carbons (Fsp3) is 0.833. The molecule has 60 valence electrons. The molecule has 4 heteroatoms. The minimum Gasteiger partial charge on any atom is -0.483 e. The van der Waals surface area contributed by atoms with Gasteiger partial charge in [0.2, 0.25) is 0 Å². The van der Waals surface area contributed by atoms with E-state index in [1.54, 1.807) is 0 Å². The summed E-state index contributed by atoms with van der Waals surface area (Å²) in [5.41, 5.74) is 0.222. The molecule has 0 unspecified atom stereocenters. The van der Waals surface area contributed by atoms with E-state index in [2.05, 4.69) is 19.2 Å². The quantitative estimate of drug-likeness (QED) is 0.475. The first-order chi connectivity index (χ1) is 4.62. The van der Waals surface area contributed by atoms with Crippen molar-refractivity contribution in [3.05, 3.63) is 0 Å². The fourth-order valence-electron chi connectivity index (χ4n) is 0.604. The lowest BCUT2D eigenvalue weighted by molar-refractivity contribution is -0.122. The average molecular weight is 147 g/mol. The third-order valence-electron chi connectivity index (χ3n) is 1.12. The maximum atomic E-state index is 8.36. The first-order valence-electron chi connectivity index (χ1n) is 3.03. The van der Waals surface area contributed by atoms with Gasteiger partial charge in [-0.2, -0.15) is 0 Å². The van der Waals surface area contributed by atoms with Gasteiger partial charge in [-0.05, 0) is 13.8 Å². The molecule has 0 aromatic carbocycles. The molecule has 1 fully saturated rings. The van der Waals surface area contributed by atoms with Crippen molar-refractivity contribution in [2.24, 2.45) is 0 Å². The molecule has 0 spiro atoms. The normalized spacial score (nSPS) is 21.0. The molecule has 1 heterocycles. The second-order valence-electron chi connectivity index (χ2n) is 2.66. The zero-order valence-corrected chi connectivity index (χ0v) is 6.26. The van der Waals surface area contributed by atoms with Crippen LogP contribution in [-0.2, 0) is 9.53 Å². The second-order valence-corrected chi connectivity index (χ2v) is 2.66. The van der Waals surface area contributed by atoms with Crippen LogP contribution in [0.3, 0.4) is 0 Å². The van der Waals surface area contributed by atoms with Gasteiger partial charge in [-0.15, -0.1) is 0 Å². The number of carboxylic acid groups (broad SMARTS) is 1. The van der Waals surface area contributed by atoms with Crippen LogP contribution in [0.5, 0.6) is 0 Å². The van der Waals surface area contributed by atoms with Crippen molar-refractivity contribution in [3.63, 3.8) is 0 Å². The molecular formula is C6H13NO3. The van der Waals surface area contributed by atoms with Gasteiger partial charge in [0.1, 0.15) is 0 Å². The van der Waals surface area contributed by atoms with Crippen LogP contribution in [0.1, 0.15) is 13.8 Å². The topological polar surface area (TPSA) is 58.6 Å². The van der Waals surface area contributed by atoms with Gasteiger partial charge in [0.05, 0.1) is 13.3 Å². The average Bonchev–Trinajstić information content (AvgIpc) is 2.16. The molecule has 10 heavy (non-hydrogen) atoms. The summed E-state index contributed by atoms with van der Waals surface area (Å²) in [5.74, 6) is 0. The monoisotopic (exact) mass is 147 g/mol. The lowest BCUT2D eigenvalue weighted by Crippen LogP contribution is -2.34. The summed E-state index contributed by atoms with van der Waals surface area (Å²) in [6, 6.07) is 0. The molecule has 0 saturated carbocycles. The highest BCUT2D eigenvalue weighted by Gasteiger charge is 2.21. The predicted octanol–water partition coefficient (Wildman–Crippen LogP) is 0.0431. The highest BCUT2D eigenvalue weighted by molar-refractivity contribution is 5.32. The third kappa shape index (κ3) is 4.29. The van der Waals surface area contributed by atoms with Gasteiger partial charge in [0.25, 0.3) is 6.47 Å². The molecule has 1 aliphatic rings. The zero-order valence-electron chi connectivity index (χ0n) is 6.26. The largest absolute Gasteiger partial charge is 0.483 e. The Morgan fingerprint density at radius 1 is 1.70 bits per heavy atom. The van der Waals surface area contributed by atoms with Gasteiger partial charge >= 0.3 is 0 Å². The van der Waals surface area contributed by atoms with Crippen LogP contribution in [0.15, 0.2) is 0 Å². The van der Waals surface area contributed by atoms with Gasteiger partial charge < -0.3 is 9.84 Å². The standard InChI is InChI=1S/C5H11NO.CH2O2/c1-5(2)3-7-4-6-5;2-1-3/h6H,3-4H2,1-2H3;1H,(H,2,3). The number of hydrogen-bond donors (Lipinski definition) is 2. The van der Waals surface area contributed by atoms with Crippen molar-refractivity contribution in [1.29, 1.82) is 0 Å². The van der Waals surface area contributed by atoms with E-state index in [0.29, 0.717) is 6.73 Å². The van der Waals surface area contributed by atoms with E-state index < -0.39 is 0 Å². The number of rotatable bonds is 0. The van der Waals surface area contributed by atoms with Crippen LogP contribution < -0.4 is 5.32 Å². The van der Waals surface area contributed by atoms with E-state index in [0.717, 1.165) is 6.61 Å². The molecule has 0 radical (unpaired) electrons. The molecule has 1 saturated heterocycles. The Hall–Kier alpha value is -0.610. The van der Waals surface area contributed by atoms with Gasteiger partial charge in [-0.25, -0.2) is 0 Å². The molecule has 0 aromatic heterocycles. The lowest BCUT2D eigenvalue weighted by atomic mass is 10.1. The van der Waals surface area contributed by atoms with E-state index in [1.165, 1.54) is 0 Å². The van der Waals surface area contributed by atoms with E-state index in [9.17, 15) is 0 Å². The van der Waals surface area contributed by atoms with E-state index >= 15 is 0 Å². The molecule has 0 aromatic rings. The summed E-state index contributed by atoms with van der Waals surface area (Å²) < 4.78 is 5.05. The number of carbonyl (C=O) groups is 1. The Kier molecular flexibility index (Phi) is 3.99. The summed E-state index contributed by atoms with van der Waals surface area (Å²) in [4.78, 5) is 8.36. The van der Waals surface area contributed by atoms with Crippen molar-refractivity contribution in [1.82, 2.24) is 5.32 Å². The Morgan fingerprint density at radius 3 is 2.30 bits per heavy atom. The lowest BCUT2D eigenvalue weighted by Gasteiger charge is -2.12. The van der Waals surface area contributed by atoms with Gasteiger partial charge in [-0.3, -0.25) is 10.1 Å². The summed E-state index contributed by atoms with van der Waals surface area (Å²) in [6.07, 6.45) is 0. The van der Waals surface area contributed by atoms with Crippen molar-refractivity contribution in [2.45, 2.75) is 19.4 Å². The molecule has 0 bridgehead atoms. The van der Waals surface area contributed by atoms with Crippen LogP contribution in [0.2, 0.25) is 0 Å². The van der Waals surface area contributed by atoms with E-state index in [1.807, 2.05) is 0 Å². The highest BCUT2D eigenvalue weighted by Crippen LogP contribution is 2.06. The maximum absolute atomic E-state index is 8.36. The Balaban J connectivity index is 0.000000236. The van der Waals surface area contributed by atoms with Crippen LogP contribution in [0, 0.1) is 0 Å². The molecular weight excluding hydrogens is 134 g/mol. The zero-order chi connectivity index (χ0) is 8.04. The minimum absolute atomic E-state index is 0.222. The SMILES string of the molecule is CC1(C)COCN1.O=CO. The summed E-state index contributed by atoms with van der Waals surface area (Å²) in [6.45, 7) is 5.56. The van der Waals surface area contributed by atoms with Crippen LogP contribution in [-0.4, -0.2) is 30.5 Å². The van der Waals surface area contributed by atoms with Crippen LogP contribution in [0.4, 0.5) is 0 Å². The minimum atomic E-state index is -0.250. The smallest absolute Gasteiger partial charge is 0.290 e. The van der Waals surface area contributed by atoms with Crippen molar-refractivity contribution < 1.29 is 14.6 Å². The van der Waals surface area contributed by atoms with Crippen LogP contribution >= 0.6 is 0 Å². The fourth-order valence-corrected chi connectivity index (χ4v) is 0.604. The molecule has 0 aliphatic carbocycles. The first-order valence-corrected chi connectivity index (χ1v) is 3.03. The summed E-state index contributed by atoms with van der Waals surface area (Å²) in [7, 11) is 0. The second kappa shape index (κ2) is 4.24. The van der Waals surface area contributed by atoms with Crippen LogP contribution in [0.25, 0.3) is 0 Å². The number of nitrogens with one attached hydrogen (secondary N) is 1. The first kappa shape index (κ1) is 9.39. The summed E-state index contributed by atoms with van der Waals surface area (Å²) >= 11 is 0. The molecule has 1 rings (SSSR count). The van der Waals surface area contributed by atoms with Gasteiger partial charge in [0, 0.05) is 5.54 Å². The van der Waals surface area contributed by atoms with Crippen molar-refractivity contribution in [2.75, 3.05) is 13.3 Å². The highest BCUT2D eigenvalue weighted by atomic mass is 16.5. The molecule has 4 nitrogen and oxygen atoms in total. The number of ether oxygens (including phenoxy) is 1. The van der Waals surface area contributed by atoms with E-state index in [4.69, 9.17) is 14.6 Å². The Labute approximate surface area is 60.2 Å². The maximum Gasteiger partial charge on any atom is 0.290 e. The number of hydrogen-bond acceptors (Lipinski definition) is 3. The van der Waals surface area contributed by atoms with Crippen molar-refractivity contribution >= 4 is 6.47 Å². The molecule has 2 N–H and O–H groups in total. The third-order valence-corrected chi connectivity index (χ3v) is 1.12. The molecule has 1 aliphatic heterocycles. The Bertz CT molecular complexity index is 95.2. The van der Waals surface area contributed by atoms with Gasteiger partial charge in [-0.1, -0.05) is 0 Å². The molecule has 0 amide bonds.